The van der Waals surface area contributed by atoms with Crippen molar-refractivity contribution in [3.8, 4) is 0 Å². The van der Waals surface area contributed by atoms with Crippen molar-refractivity contribution in [2.45, 2.75) is 31.2 Å². The summed E-state index contributed by atoms with van der Waals surface area (Å²) in [6, 6.07) is 14.6. The number of H-pyrrole nitrogens is 1. The average molecular weight is 427 g/mol. The van der Waals surface area contributed by atoms with Crippen LogP contribution in [0.3, 0.4) is 0 Å². The molecule has 0 radical (unpaired) electrons. The van der Waals surface area contributed by atoms with E-state index in [0.717, 1.165) is 34.3 Å². The molecule has 4 rings (SSSR count). The van der Waals surface area contributed by atoms with Crippen LogP contribution in [0.1, 0.15) is 29.3 Å². The molecular weight excluding hydrogens is 398 g/mol. The Morgan fingerprint density at radius 3 is 2.57 bits per heavy atom. The van der Waals surface area contributed by atoms with Crippen LogP contribution in [0, 0.1) is 6.92 Å². The van der Waals surface area contributed by atoms with Crippen molar-refractivity contribution in [2.75, 3.05) is 26.2 Å². The van der Waals surface area contributed by atoms with Crippen LogP contribution in [-0.4, -0.2) is 55.7 Å². The number of aromatic nitrogens is 1. The quantitative estimate of drug-likeness (QED) is 0.613. The van der Waals surface area contributed by atoms with Crippen molar-refractivity contribution in [1.29, 1.82) is 0 Å². The summed E-state index contributed by atoms with van der Waals surface area (Å²) in [7, 11) is -3.51. The van der Waals surface area contributed by atoms with Gasteiger partial charge >= 0.3 is 0 Å². The second kappa shape index (κ2) is 8.34. The Bertz CT molecular complexity index is 1150. The van der Waals surface area contributed by atoms with Gasteiger partial charge in [-0.1, -0.05) is 35.9 Å². The van der Waals surface area contributed by atoms with Gasteiger partial charge in [0.1, 0.15) is 6.04 Å². The Morgan fingerprint density at radius 2 is 1.80 bits per heavy atom. The van der Waals surface area contributed by atoms with Gasteiger partial charge in [0.15, 0.2) is 0 Å². The smallest absolute Gasteiger partial charge is 0.243 e. The van der Waals surface area contributed by atoms with E-state index in [4.69, 9.17) is 0 Å². The first-order chi connectivity index (χ1) is 14.4. The number of rotatable bonds is 5. The number of sulfonamides is 1. The minimum absolute atomic E-state index is 0.0947. The fraction of sp³-hybridized carbons (Fsp3) is 0.348. The van der Waals surface area contributed by atoms with E-state index in [0.29, 0.717) is 30.1 Å². The van der Waals surface area contributed by atoms with Crippen LogP contribution >= 0.6 is 0 Å². The molecule has 2 atom stereocenters. The maximum Gasteiger partial charge on any atom is 0.243 e. The zero-order valence-electron chi connectivity index (χ0n) is 17.4. The van der Waals surface area contributed by atoms with Crippen LogP contribution < -0.4 is 4.90 Å². The maximum atomic E-state index is 13.2. The van der Waals surface area contributed by atoms with E-state index >= 15 is 0 Å². The first kappa shape index (κ1) is 20.8. The molecular formula is C23H28N3O3S+. The highest BCUT2D eigenvalue weighted by Gasteiger charge is 2.33. The number of nitrogens with zero attached hydrogens (tertiary/aromatic N) is 1. The first-order valence-electron chi connectivity index (χ1n) is 10.4. The largest absolute Gasteiger partial charge is 0.360 e. The van der Waals surface area contributed by atoms with Crippen LogP contribution in [0.5, 0.6) is 0 Å². The Balaban J connectivity index is 1.48. The molecule has 158 valence electrons. The second-order valence-corrected chi connectivity index (χ2v) is 10.0. The number of quaternary nitrogens is 1. The monoisotopic (exact) mass is 426 g/mol. The molecule has 1 saturated heterocycles. The summed E-state index contributed by atoms with van der Waals surface area (Å²) in [5.74, 6) is 0.0947. The molecule has 1 aromatic heterocycles. The number of aryl methyl sites for hydroxylation is 1. The van der Waals surface area contributed by atoms with Crippen LogP contribution in [-0.2, 0) is 10.0 Å². The zero-order valence-corrected chi connectivity index (χ0v) is 18.2. The summed E-state index contributed by atoms with van der Waals surface area (Å²) in [6.45, 7) is 6.17. The van der Waals surface area contributed by atoms with Crippen molar-refractivity contribution in [3.63, 3.8) is 0 Å². The first-order valence-corrected chi connectivity index (χ1v) is 11.8. The number of ketones is 1. The standard InChI is InChI=1S/C23H27N3O3S/c1-17-8-10-19(11-9-17)30(28,29)26-13-5-12-25(14-15-26)18(2)23(27)21-16-24-22-7-4-3-6-20(21)22/h3-4,6-11,16,18,24H,5,12-15H2,1-2H3/p+1/t18-/m0/s1. The summed E-state index contributed by atoms with van der Waals surface area (Å²) in [6.07, 6.45) is 2.51. The van der Waals surface area contributed by atoms with E-state index < -0.39 is 10.0 Å². The van der Waals surface area contributed by atoms with Gasteiger partial charge in [0.25, 0.3) is 0 Å². The van der Waals surface area contributed by atoms with Gasteiger partial charge in [-0.3, -0.25) is 4.79 Å². The summed E-state index contributed by atoms with van der Waals surface area (Å²) >= 11 is 0. The Kier molecular flexibility index (Phi) is 5.77. The zero-order chi connectivity index (χ0) is 21.3. The van der Waals surface area contributed by atoms with E-state index in [1.54, 1.807) is 22.6 Å². The molecule has 1 fully saturated rings. The van der Waals surface area contributed by atoms with Gasteiger partial charge in [0, 0.05) is 35.6 Å². The number of carbonyl (C=O) groups is 1. The fourth-order valence-electron chi connectivity index (χ4n) is 4.21. The predicted octanol–water partition coefficient (Wildman–Crippen LogP) is 2.03. The lowest BCUT2D eigenvalue weighted by molar-refractivity contribution is -0.911. The molecule has 6 nitrogen and oxygen atoms in total. The molecule has 0 amide bonds. The average Bonchev–Trinajstić information content (AvgIpc) is 3.01. The number of para-hydroxylation sites is 1. The number of Topliss-reactive ketones (excluding diaryl/α,β-unsaturated/α-hetero) is 1. The molecule has 2 aromatic carbocycles. The molecule has 1 unspecified atom stereocenters. The third kappa shape index (κ3) is 3.93. The van der Waals surface area contributed by atoms with Crippen LogP contribution in [0.4, 0.5) is 0 Å². The maximum absolute atomic E-state index is 13.2. The lowest BCUT2D eigenvalue weighted by Gasteiger charge is -2.24. The topological polar surface area (TPSA) is 74.7 Å². The number of carbonyl (C=O) groups excluding carboxylic acids is 1. The van der Waals surface area contributed by atoms with Crippen molar-refractivity contribution < 1.29 is 18.1 Å². The van der Waals surface area contributed by atoms with Crippen molar-refractivity contribution >= 4 is 26.7 Å². The summed E-state index contributed by atoms with van der Waals surface area (Å²) in [5.41, 5.74) is 2.69. The molecule has 2 N–H and O–H groups in total. The minimum atomic E-state index is -3.51. The number of nitrogens with one attached hydrogen (secondary N) is 2. The molecule has 0 spiro atoms. The third-order valence-corrected chi connectivity index (χ3v) is 8.02. The highest BCUT2D eigenvalue weighted by atomic mass is 32.2. The summed E-state index contributed by atoms with van der Waals surface area (Å²) in [5, 5.41) is 0.937. The second-order valence-electron chi connectivity index (χ2n) is 8.06. The van der Waals surface area contributed by atoms with Gasteiger partial charge < -0.3 is 9.88 Å². The number of aromatic amines is 1. The van der Waals surface area contributed by atoms with Crippen molar-refractivity contribution in [1.82, 2.24) is 9.29 Å². The normalized spacial score (nSPS) is 19.5. The summed E-state index contributed by atoms with van der Waals surface area (Å²) < 4.78 is 27.6. The molecule has 0 bridgehead atoms. The minimum Gasteiger partial charge on any atom is -0.360 e. The highest BCUT2D eigenvalue weighted by Crippen LogP contribution is 2.19. The van der Waals surface area contributed by atoms with E-state index in [2.05, 4.69) is 4.98 Å². The van der Waals surface area contributed by atoms with Gasteiger partial charge in [0.05, 0.1) is 24.5 Å². The lowest BCUT2D eigenvalue weighted by atomic mass is 10.0. The molecule has 3 aromatic rings. The van der Waals surface area contributed by atoms with E-state index in [1.165, 1.54) is 0 Å². The van der Waals surface area contributed by atoms with Crippen molar-refractivity contribution in [3.05, 3.63) is 65.9 Å². The number of fused-ring (bicyclic) bond motifs is 1. The van der Waals surface area contributed by atoms with Crippen LogP contribution in [0.2, 0.25) is 0 Å². The van der Waals surface area contributed by atoms with Crippen molar-refractivity contribution in [2.24, 2.45) is 0 Å². The Labute approximate surface area is 177 Å². The summed E-state index contributed by atoms with van der Waals surface area (Å²) in [4.78, 5) is 17.8. The number of hydrogen-bond donors (Lipinski definition) is 2. The third-order valence-electron chi connectivity index (χ3n) is 6.11. The molecule has 1 aliphatic heterocycles. The van der Waals surface area contributed by atoms with Gasteiger partial charge in [-0.2, -0.15) is 4.31 Å². The highest BCUT2D eigenvalue weighted by molar-refractivity contribution is 7.89. The molecule has 1 aliphatic rings. The lowest BCUT2D eigenvalue weighted by Crippen LogP contribution is -3.16. The van der Waals surface area contributed by atoms with Gasteiger partial charge in [-0.15, -0.1) is 0 Å². The SMILES string of the molecule is Cc1ccc(S(=O)(=O)N2CCC[NH+]([C@@H](C)C(=O)c3c[nH]c4ccccc34)CC2)cc1. The van der Waals surface area contributed by atoms with Gasteiger partial charge in [0.2, 0.25) is 15.8 Å². The molecule has 2 heterocycles. The predicted molar refractivity (Wildman–Crippen MR) is 117 cm³/mol. The number of hydrogen-bond acceptors (Lipinski definition) is 3. The van der Waals surface area contributed by atoms with E-state index in [9.17, 15) is 13.2 Å². The number of benzene rings is 2. The fourth-order valence-corrected chi connectivity index (χ4v) is 5.69. The van der Waals surface area contributed by atoms with Gasteiger partial charge in [-0.25, -0.2) is 8.42 Å². The molecule has 30 heavy (non-hydrogen) atoms. The van der Waals surface area contributed by atoms with Gasteiger partial charge in [-0.05, 0) is 32.0 Å². The van der Waals surface area contributed by atoms with Crippen LogP contribution in [0.25, 0.3) is 10.9 Å². The Morgan fingerprint density at radius 1 is 1.07 bits per heavy atom. The molecule has 0 saturated carbocycles. The molecule has 7 heteroatoms. The molecule has 0 aliphatic carbocycles. The Hall–Kier alpha value is -2.48. The van der Waals surface area contributed by atoms with E-state index in [-0.39, 0.29) is 11.8 Å². The van der Waals surface area contributed by atoms with Crippen LogP contribution in [0.15, 0.2) is 59.6 Å². The van der Waals surface area contributed by atoms with E-state index in [1.807, 2.05) is 50.2 Å².